The molecule has 0 unspecified atom stereocenters. The van der Waals surface area contributed by atoms with Gasteiger partial charge < -0.3 is 15.2 Å². The molecule has 4 nitrogen and oxygen atoms in total. The first kappa shape index (κ1) is 15.1. The smallest absolute Gasteiger partial charge is 0.322 e. The van der Waals surface area contributed by atoms with Gasteiger partial charge in [-0.05, 0) is 22.8 Å². The van der Waals surface area contributed by atoms with Gasteiger partial charge in [-0.2, -0.15) is 0 Å². The topological polar surface area (TPSA) is 61.5 Å². The van der Waals surface area contributed by atoms with Gasteiger partial charge in [-0.3, -0.25) is 4.79 Å². The van der Waals surface area contributed by atoms with Gasteiger partial charge >= 0.3 is 5.97 Å². The van der Waals surface area contributed by atoms with Crippen LogP contribution in [0.15, 0.2) is 48.5 Å². The molecule has 110 valence electrons. The third-order valence-corrected chi connectivity index (χ3v) is 3.34. The molecule has 1 atom stereocenters. The van der Waals surface area contributed by atoms with Crippen molar-refractivity contribution in [1.82, 2.24) is 0 Å². The maximum Gasteiger partial charge on any atom is 0.322 e. The fourth-order valence-corrected chi connectivity index (χ4v) is 2.19. The van der Waals surface area contributed by atoms with Crippen molar-refractivity contribution in [3.8, 4) is 16.9 Å². The Morgan fingerprint density at radius 1 is 1.10 bits per heavy atom. The Morgan fingerprint density at radius 3 is 2.43 bits per heavy atom. The number of hydrogen-bond donors (Lipinski definition) is 1. The molecule has 0 aliphatic rings. The first-order chi connectivity index (χ1) is 10.2. The zero-order valence-corrected chi connectivity index (χ0v) is 12.2. The summed E-state index contributed by atoms with van der Waals surface area (Å²) in [7, 11) is 2.94. The van der Waals surface area contributed by atoms with Crippen molar-refractivity contribution in [1.29, 1.82) is 0 Å². The van der Waals surface area contributed by atoms with Crippen molar-refractivity contribution < 1.29 is 14.3 Å². The number of carbonyl (C=O) groups is 1. The second-order valence-electron chi connectivity index (χ2n) is 4.73. The molecule has 2 aromatic rings. The molecule has 2 N–H and O–H groups in total. The number of ether oxygens (including phenoxy) is 2. The third-order valence-electron chi connectivity index (χ3n) is 3.34. The number of esters is 1. The SMILES string of the molecule is COC(=O)[C@@H](N)Cc1ccc(-c2ccccc2)cc1OC. The Labute approximate surface area is 124 Å². The van der Waals surface area contributed by atoms with Crippen LogP contribution < -0.4 is 10.5 Å². The molecular formula is C17H19NO3. The standard InChI is InChI=1S/C17H19NO3/c1-20-16-11-13(12-6-4-3-5-7-12)8-9-14(16)10-15(18)17(19)21-2/h3-9,11,15H,10,18H2,1-2H3/t15-/m0/s1. The highest BCUT2D eigenvalue weighted by Crippen LogP contribution is 2.27. The predicted molar refractivity (Wildman–Crippen MR) is 82.1 cm³/mol. The first-order valence-corrected chi connectivity index (χ1v) is 6.71. The van der Waals surface area contributed by atoms with Crippen LogP contribution in [0.2, 0.25) is 0 Å². The van der Waals surface area contributed by atoms with Crippen LogP contribution in [0.1, 0.15) is 5.56 Å². The van der Waals surface area contributed by atoms with E-state index in [4.69, 9.17) is 10.5 Å². The normalized spacial score (nSPS) is 11.8. The molecule has 0 aliphatic carbocycles. The van der Waals surface area contributed by atoms with E-state index in [0.29, 0.717) is 6.42 Å². The molecule has 0 amide bonds. The monoisotopic (exact) mass is 285 g/mol. The number of rotatable bonds is 5. The van der Waals surface area contributed by atoms with Crippen LogP contribution in [0.25, 0.3) is 11.1 Å². The lowest BCUT2D eigenvalue weighted by Crippen LogP contribution is -2.33. The number of carbonyl (C=O) groups excluding carboxylic acids is 1. The molecule has 0 saturated carbocycles. The molecular weight excluding hydrogens is 266 g/mol. The molecule has 0 radical (unpaired) electrons. The van der Waals surface area contributed by atoms with Crippen LogP contribution in [0, 0.1) is 0 Å². The molecule has 0 aromatic heterocycles. The van der Waals surface area contributed by atoms with E-state index in [0.717, 1.165) is 22.4 Å². The lowest BCUT2D eigenvalue weighted by molar-refractivity contribution is -0.142. The number of benzene rings is 2. The Balaban J connectivity index is 2.27. The van der Waals surface area contributed by atoms with Gasteiger partial charge in [0.1, 0.15) is 11.8 Å². The van der Waals surface area contributed by atoms with E-state index >= 15 is 0 Å². The quantitative estimate of drug-likeness (QED) is 0.857. The largest absolute Gasteiger partial charge is 0.496 e. The molecule has 0 fully saturated rings. The Hall–Kier alpha value is -2.33. The van der Waals surface area contributed by atoms with Gasteiger partial charge in [0.05, 0.1) is 14.2 Å². The van der Waals surface area contributed by atoms with Gasteiger partial charge in [0, 0.05) is 6.42 Å². The van der Waals surface area contributed by atoms with Gasteiger partial charge in [-0.15, -0.1) is 0 Å². The van der Waals surface area contributed by atoms with Crippen LogP contribution in [0.3, 0.4) is 0 Å². The fraction of sp³-hybridized carbons (Fsp3) is 0.235. The number of hydrogen-bond acceptors (Lipinski definition) is 4. The second-order valence-corrected chi connectivity index (χ2v) is 4.73. The van der Waals surface area contributed by atoms with Gasteiger partial charge in [0.15, 0.2) is 0 Å². The van der Waals surface area contributed by atoms with E-state index in [1.807, 2.05) is 48.5 Å². The van der Waals surface area contributed by atoms with E-state index in [1.54, 1.807) is 7.11 Å². The van der Waals surface area contributed by atoms with E-state index in [2.05, 4.69) is 4.74 Å². The lowest BCUT2D eigenvalue weighted by Gasteiger charge is -2.14. The highest BCUT2D eigenvalue weighted by molar-refractivity contribution is 5.76. The van der Waals surface area contributed by atoms with Crippen LogP contribution in [0.4, 0.5) is 0 Å². The molecule has 2 aromatic carbocycles. The van der Waals surface area contributed by atoms with E-state index < -0.39 is 12.0 Å². The molecule has 4 heteroatoms. The van der Waals surface area contributed by atoms with Gasteiger partial charge in [-0.25, -0.2) is 0 Å². The Morgan fingerprint density at radius 2 is 1.81 bits per heavy atom. The summed E-state index contributed by atoms with van der Waals surface area (Å²) in [6.07, 6.45) is 0.380. The van der Waals surface area contributed by atoms with Crippen LogP contribution in [-0.4, -0.2) is 26.2 Å². The molecule has 0 saturated heterocycles. The molecule has 0 heterocycles. The van der Waals surface area contributed by atoms with Crippen LogP contribution in [0.5, 0.6) is 5.75 Å². The van der Waals surface area contributed by atoms with Gasteiger partial charge in [-0.1, -0.05) is 42.5 Å². The maximum atomic E-state index is 11.4. The minimum absolute atomic E-state index is 0.380. The van der Waals surface area contributed by atoms with E-state index in [9.17, 15) is 4.79 Å². The average molecular weight is 285 g/mol. The highest BCUT2D eigenvalue weighted by atomic mass is 16.5. The van der Waals surface area contributed by atoms with Crippen LogP contribution >= 0.6 is 0 Å². The van der Waals surface area contributed by atoms with Crippen molar-refractivity contribution in [2.24, 2.45) is 5.73 Å². The zero-order chi connectivity index (χ0) is 15.2. The van der Waals surface area contributed by atoms with E-state index in [1.165, 1.54) is 7.11 Å². The van der Waals surface area contributed by atoms with E-state index in [-0.39, 0.29) is 0 Å². The number of nitrogens with two attached hydrogens (primary N) is 1. The summed E-state index contributed by atoms with van der Waals surface area (Å²) in [5, 5.41) is 0. The summed E-state index contributed by atoms with van der Waals surface area (Å²) in [6, 6.07) is 15.2. The predicted octanol–water partition coefficient (Wildman–Crippen LogP) is 2.41. The molecule has 2 rings (SSSR count). The molecule has 21 heavy (non-hydrogen) atoms. The summed E-state index contributed by atoms with van der Waals surface area (Å²) in [5.74, 6) is 0.292. The summed E-state index contributed by atoms with van der Waals surface area (Å²) in [6.45, 7) is 0. The highest BCUT2D eigenvalue weighted by Gasteiger charge is 2.17. The first-order valence-electron chi connectivity index (χ1n) is 6.71. The van der Waals surface area contributed by atoms with Crippen molar-refractivity contribution in [2.45, 2.75) is 12.5 Å². The fourth-order valence-electron chi connectivity index (χ4n) is 2.19. The third kappa shape index (κ3) is 3.61. The molecule has 0 aliphatic heterocycles. The van der Waals surface area contributed by atoms with Crippen molar-refractivity contribution in [3.05, 3.63) is 54.1 Å². The minimum atomic E-state index is -0.688. The summed E-state index contributed by atoms with van der Waals surface area (Å²) in [4.78, 5) is 11.4. The van der Waals surface area contributed by atoms with Crippen molar-refractivity contribution in [2.75, 3.05) is 14.2 Å². The Bertz CT molecular complexity index is 611. The summed E-state index contributed by atoms with van der Waals surface area (Å²) in [5.41, 5.74) is 8.86. The maximum absolute atomic E-state index is 11.4. The summed E-state index contributed by atoms with van der Waals surface area (Å²) < 4.78 is 10.1. The second kappa shape index (κ2) is 6.90. The lowest BCUT2D eigenvalue weighted by atomic mass is 9.99. The summed E-state index contributed by atoms with van der Waals surface area (Å²) >= 11 is 0. The van der Waals surface area contributed by atoms with Crippen molar-refractivity contribution >= 4 is 5.97 Å². The van der Waals surface area contributed by atoms with Gasteiger partial charge in [0.2, 0.25) is 0 Å². The Kier molecular flexibility index (Phi) is 4.95. The van der Waals surface area contributed by atoms with Gasteiger partial charge in [0.25, 0.3) is 0 Å². The zero-order valence-electron chi connectivity index (χ0n) is 12.2. The van der Waals surface area contributed by atoms with Crippen LogP contribution in [-0.2, 0) is 16.0 Å². The van der Waals surface area contributed by atoms with Crippen molar-refractivity contribution in [3.63, 3.8) is 0 Å². The molecule has 0 bridgehead atoms. The minimum Gasteiger partial charge on any atom is -0.496 e. The number of methoxy groups -OCH3 is 2. The average Bonchev–Trinajstić information content (AvgIpc) is 2.55. The molecule has 0 spiro atoms.